The topological polar surface area (TPSA) is 361 Å². The van der Waals surface area contributed by atoms with Gasteiger partial charge in [-0.15, -0.1) is 0 Å². The third-order valence-corrected chi connectivity index (χ3v) is 12.5. The molecular weight excluding hydrogens is 926 g/mol. The van der Waals surface area contributed by atoms with Crippen molar-refractivity contribution in [3.05, 3.63) is 28.8 Å². The van der Waals surface area contributed by atoms with Gasteiger partial charge < -0.3 is 62.2 Å². The van der Waals surface area contributed by atoms with E-state index in [9.17, 15) is 52.2 Å². The summed E-state index contributed by atoms with van der Waals surface area (Å²) in [5.74, 6) is -8.39. The average Bonchev–Trinajstić information content (AvgIpc) is 3.26. The third-order valence-electron chi connectivity index (χ3n) is 11.8. The minimum atomic E-state index is -5.13. The number of nitrogens with one attached hydrogen (secondary N) is 4. The van der Waals surface area contributed by atoms with Gasteiger partial charge in [0.05, 0.1) is 12.1 Å². The number of hydrogen-bond acceptors (Lipinski definition) is 15. The quantitative estimate of drug-likeness (QED) is 0.0291. The highest BCUT2D eigenvalue weighted by molar-refractivity contribution is 7.80. The normalized spacial score (nSPS) is 26.3. The number of benzene rings is 1. The van der Waals surface area contributed by atoms with E-state index in [2.05, 4.69) is 30.4 Å². The molecule has 6 amide bonds. The van der Waals surface area contributed by atoms with Gasteiger partial charge in [0.25, 0.3) is 5.91 Å². The van der Waals surface area contributed by atoms with Crippen molar-refractivity contribution in [2.24, 2.45) is 28.3 Å². The molecule has 11 N–H and O–H groups in total. The zero-order valence-corrected chi connectivity index (χ0v) is 40.0. The number of ether oxygens (including phenoxy) is 2. The summed E-state index contributed by atoms with van der Waals surface area (Å²) >= 11 is 6.46. The molecule has 0 saturated carbocycles. The van der Waals surface area contributed by atoms with E-state index < -0.39 is 125 Å². The van der Waals surface area contributed by atoms with E-state index in [0.29, 0.717) is 17.7 Å². The van der Waals surface area contributed by atoms with Crippen molar-refractivity contribution in [1.82, 2.24) is 31.1 Å². The Labute approximate surface area is 394 Å². The number of rotatable bonds is 16. The lowest BCUT2D eigenvalue weighted by molar-refractivity contribution is -0.168. The fraction of sp³-hybridized carbons (Fsp3) is 0.659. The number of aliphatic hydroxyl groups is 2. The maximum Gasteiger partial charge on any atom is 0.397 e. The molecule has 2 fully saturated rings. The van der Waals surface area contributed by atoms with E-state index in [1.54, 1.807) is 39.8 Å². The smallest absolute Gasteiger partial charge is 0.397 e. The minimum absolute atomic E-state index is 0.0279. The number of methoxy groups -OCH3 is 1. The highest BCUT2D eigenvalue weighted by Gasteiger charge is 2.47. The Kier molecular flexibility index (Phi) is 21.0. The number of nitrogens with zero attached hydrogens (tertiary/aromatic N) is 3. The first kappa shape index (κ1) is 56.0. The number of carbonyl (C=O) groups is 7. The Bertz CT molecular complexity index is 2100. The van der Waals surface area contributed by atoms with Crippen LogP contribution in [0.3, 0.4) is 0 Å². The van der Waals surface area contributed by atoms with Gasteiger partial charge in [0.1, 0.15) is 60.9 Å². The van der Waals surface area contributed by atoms with Crippen LogP contribution in [0.2, 0.25) is 5.02 Å². The van der Waals surface area contributed by atoms with Crippen LogP contribution in [0.4, 0.5) is 0 Å². The number of hydrogen-bond donors (Lipinski definition) is 9. The van der Waals surface area contributed by atoms with Crippen LogP contribution in [-0.4, -0.2) is 162 Å². The maximum absolute atomic E-state index is 14.9. The number of esters is 1. The average molecular weight is 991 g/mol. The summed E-state index contributed by atoms with van der Waals surface area (Å²) in [7, 11) is -2.39. The first-order valence-electron chi connectivity index (χ1n) is 21.7. The lowest BCUT2D eigenvalue weighted by Crippen LogP contribution is -2.66. The van der Waals surface area contributed by atoms with Crippen molar-refractivity contribution < 1.29 is 70.4 Å². The number of amides is 6. The van der Waals surface area contributed by atoms with Gasteiger partial charge in [0, 0.05) is 20.0 Å². The number of halogens is 1. The van der Waals surface area contributed by atoms with Gasteiger partial charge in [-0.1, -0.05) is 58.2 Å². The number of guanidine groups is 1. The number of piperidine rings is 1. The number of likely N-dealkylation sites (N-methyl/N-ethyl adjacent to an activating group) is 1. The zero-order chi connectivity index (χ0) is 50.5. The van der Waals surface area contributed by atoms with Crippen LogP contribution < -0.4 is 37.5 Å². The summed E-state index contributed by atoms with van der Waals surface area (Å²) in [5.41, 5.74) is 11.4. The van der Waals surface area contributed by atoms with Gasteiger partial charge in [0.2, 0.25) is 29.5 Å². The fourth-order valence-electron chi connectivity index (χ4n) is 7.47. The molecule has 3 unspecified atom stereocenters. The molecule has 0 radical (unpaired) electrons. The third kappa shape index (κ3) is 15.6. The van der Waals surface area contributed by atoms with E-state index in [0.717, 1.165) is 9.80 Å². The van der Waals surface area contributed by atoms with Crippen LogP contribution in [-0.2, 0) is 59.3 Å². The van der Waals surface area contributed by atoms with Gasteiger partial charge in [-0.25, -0.2) is 8.98 Å². The molecule has 2 saturated heterocycles. The van der Waals surface area contributed by atoms with E-state index in [-0.39, 0.29) is 56.1 Å². The number of cyclic esters (lactones) is 1. The second-order valence-corrected chi connectivity index (χ2v) is 18.1. The molecule has 0 aliphatic carbocycles. The highest BCUT2D eigenvalue weighted by Crippen LogP contribution is 2.29. The molecule has 0 aromatic heterocycles. The Balaban J connectivity index is 2.27. The first-order valence-corrected chi connectivity index (χ1v) is 23.5. The molecule has 3 rings (SSSR count). The van der Waals surface area contributed by atoms with Gasteiger partial charge in [-0.05, 0) is 62.1 Å². The Morgan fingerprint density at radius 3 is 2.25 bits per heavy atom. The lowest BCUT2D eigenvalue weighted by Gasteiger charge is -2.44. The van der Waals surface area contributed by atoms with Crippen LogP contribution in [0.25, 0.3) is 0 Å². The lowest BCUT2D eigenvalue weighted by atomic mass is 9.91. The van der Waals surface area contributed by atoms with E-state index in [4.69, 9.17) is 37.1 Å². The summed E-state index contributed by atoms with van der Waals surface area (Å²) in [5, 5.41) is 32.0. The number of nitrogens with two attached hydrogens (primary N) is 2. The Hall–Kier alpha value is -5.34. The number of aliphatic imine (C=N–C) groups is 1. The monoisotopic (exact) mass is 989 g/mol. The minimum Gasteiger partial charge on any atom is -0.495 e. The van der Waals surface area contributed by atoms with Crippen molar-refractivity contribution in [3.63, 3.8) is 0 Å². The predicted octanol–water partition coefficient (Wildman–Crippen LogP) is -1.76. The molecule has 1 aromatic rings. The van der Waals surface area contributed by atoms with Crippen molar-refractivity contribution in [2.75, 3.05) is 27.3 Å². The molecule has 2 heterocycles. The summed E-state index contributed by atoms with van der Waals surface area (Å²) in [4.78, 5) is 106. The van der Waals surface area contributed by atoms with Crippen LogP contribution in [0.15, 0.2) is 23.2 Å². The summed E-state index contributed by atoms with van der Waals surface area (Å²) in [6.45, 7) is 6.61. The van der Waals surface area contributed by atoms with Crippen LogP contribution in [0, 0.1) is 11.8 Å². The largest absolute Gasteiger partial charge is 0.495 e. The van der Waals surface area contributed by atoms with Crippen LogP contribution >= 0.6 is 11.6 Å². The number of aliphatic hydroxyl groups excluding tert-OH is 2. The molecule has 67 heavy (non-hydrogen) atoms. The van der Waals surface area contributed by atoms with E-state index in [1.165, 1.54) is 27.1 Å². The van der Waals surface area contributed by atoms with Crippen molar-refractivity contribution in [3.8, 4) is 5.75 Å². The SMILES string of the molecule is CC[C@H](C)C1C(=O)N(C)[C@@H](Cc2ccc(OC)c(Cl)c2)C(=O)N[C@@H]([C@@H](C)CC)C(=O)O[C@H](C)C(NC(=O)[C@H](O)COS(=O)(=O)O)C(=O)NC(CCCN=C(N)N)C(=O)N[C@H]2CC[C@@H](O)N1C2=O. The van der Waals surface area contributed by atoms with Crippen molar-refractivity contribution in [1.29, 1.82) is 0 Å². The molecule has 26 heteroatoms. The fourth-order valence-corrected chi connectivity index (χ4v) is 8.05. The molecule has 376 valence electrons. The van der Waals surface area contributed by atoms with Gasteiger partial charge in [-0.3, -0.25) is 38.3 Å². The van der Waals surface area contributed by atoms with Gasteiger partial charge in [0.15, 0.2) is 12.1 Å². The maximum atomic E-state index is 14.9. The summed E-state index contributed by atoms with van der Waals surface area (Å²) in [6, 6.07) is -4.43. The zero-order valence-electron chi connectivity index (χ0n) is 38.5. The second-order valence-electron chi connectivity index (χ2n) is 16.6. The van der Waals surface area contributed by atoms with E-state index >= 15 is 0 Å². The van der Waals surface area contributed by atoms with Crippen molar-refractivity contribution >= 4 is 69.4 Å². The Morgan fingerprint density at radius 1 is 1.01 bits per heavy atom. The van der Waals surface area contributed by atoms with Gasteiger partial charge in [-0.2, -0.15) is 8.42 Å². The molecule has 11 atom stereocenters. The summed E-state index contributed by atoms with van der Waals surface area (Å²) < 4.78 is 46.4. The van der Waals surface area contributed by atoms with E-state index in [1.807, 2.05) is 0 Å². The number of fused-ring (bicyclic) bond motifs is 2. The molecule has 2 aliphatic heterocycles. The molecule has 2 aliphatic rings. The number of carbonyl (C=O) groups excluding carboxylic acids is 7. The molecule has 0 spiro atoms. The van der Waals surface area contributed by atoms with Crippen molar-refractivity contribution in [2.45, 2.75) is 134 Å². The van der Waals surface area contributed by atoms with Gasteiger partial charge >= 0.3 is 16.4 Å². The predicted molar refractivity (Wildman–Crippen MR) is 240 cm³/mol. The molecular formula is C41H64ClN9O15S. The standard InChI is InChI=1S/C41H64ClN9O15S/c1-8-20(3)31-40(60)66-22(5)32(49-36(56)28(52)19-65-67(61,62)63)37(57)46-25(11-10-16-45-41(43)44)34(54)47-26-13-15-30(53)51(38(26)58)33(21(4)9-2)39(59)50(6)27(35(55)48-31)18-23-12-14-29(64-7)24(42)17-23/h12,14,17,20-22,25-28,30-33,52-53H,8-11,13,15-16,18-19H2,1-7H3,(H,46,57)(H,47,54)(H,48,55)(H,49,56)(H4,43,44,45)(H,61,62,63)/t20-,21-,22+,25?,26-,27-,28+,30+,31-,32?,33?/m0/s1. The summed E-state index contributed by atoms with van der Waals surface area (Å²) in [6.07, 6.45) is -5.47. The molecule has 2 bridgehead atoms. The Morgan fingerprint density at radius 2 is 1.67 bits per heavy atom. The second kappa shape index (κ2) is 25.1. The first-order chi connectivity index (χ1) is 31.3. The highest BCUT2D eigenvalue weighted by atomic mass is 35.5. The van der Waals surface area contributed by atoms with Crippen LogP contribution in [0.5, 0.6) is 5.75 Å². The molecule has 24 nitrogen and oxygen atoms in total. The molecule has 1 aromatic carbocycles. The van der Waals surface area contributed by atoms with Crippen LogP contribution in [0.1, 0.15) is 78.7 Å².